The van der Waals surface area contributed by atoms with Crippen LogP contribution >= 0.6 is 0 Å². The van der Waals surface area contributed by atoms with Gasteiger partial charge in [0.15, 0.2) is 0 Å². The zero-order valence-electron chi connectivity index (χ0n) is 8.57. The van der Waals surface area contributed by atoms with Gasteiger partial charge in [-0.2, -0.15) is 0 Å². The molecule has 1 unspecified atom stereocenters. The molecule has 1 aromatic rings. The van der Waals surface area contributed by atoms with Gasteiger partial charge < -0.3 is 10.6 Å². The lowest BCUT2D eigenvalue weighted by molar-refractivity contribution is 0.621. The first-order chi connectivity index (χ1) is 7.29. The van der Waals surface area contributed by atoms with Crippen LogP contribution in [0.3, 0.4) is 0 Å². The summed E-state index contributed by atoms with van der Waals surface area (Å²) in [5, 5.41) is 0. The van der Waals surface area contributed by atoms with Gasteiger partial charge in [-0.15, -0.1) is 0 Å². The monoisotopic (exact) mass is 206 g/mol. The van der Waals surface area contributed by atoms with E-state index in [1.807, 2.05) is 6.07 Å². The first-order valence-corrected chi connectivity index (χ1v) is 5.50. The van der Waals surface area contributed by atoms with Gasteiger partial charge in [0, 0.05) is 18.8 Å². The largest absolute Gasteiger partial charge is 0.371 e. The topological polar surface area (TPSA) is 29.3 Å². The second kappa shape index (κ2) is 3.20. The maximum absolute atomic E-state index is 13.0. The highest BCUT2D eigenvalue weighted by atomic mass is 19.1. The molecule has 2 aliphatic rings. The molecule has 1 aliphatic heterocycles. The fourth-order valence-corrected chi connectivity index (χ4v) is 2.88. The lowest BCUT2D eigenvalue weighted by Crippen LogP contribution is -2.25. The van der Waals surface area contributed by atoms with Gasteiger partial charge in [-0.1, -0.05) is 6.07 Å². The van der Waals surface area contributed by atoms with E-state index in [1.165, 1.54) is 6.07 Å². The van der Waals surface area contributed by atoms with Gasteiger partial charge in [0.05, 0.1) is 0 Å². The number of rotatable bonds is 2. The van der Waals surface area contributed by atoms with Crippen LogP contribution in [-0.4, -0.2) is 19.6 Å². The van der Waals surface area contributed by atoms with Gasteiger partial charge in [-0.3, -0.25) is 0 Å². The van der Waals surface area contributed by atoms with Crippen molar-refractivity contribution in [1.82, 2.24) is 0 Å². The molecule has 3 heteroatoms. The summed E-state index contributed by atoms with van der Waals surface area (Å²) in [6, 6.07) is 6.85. The number of nitrogens with two attached hydrogens (primary N) is 1. The van der Waals surface area contributed by atoms with E-state index in [9.17, 15) is 4.39 Å². The van der Waals surface area contributed by atoms with Gasteiger partial charge in [0.2, 0.25) is 0 Å². The quantitative estimate of drug-likeness (QED) is 0.794. The fourth-order valence-electron chi connectivity index (χ4n) is 2.88. The van der Waals surface area contributed by atoms with Gasteiger partial charge in [-0.05, 0) is 42.5 Å². The molecule has 3 rings (SSSR count). The number of benzene rings is 1. The summed E-state index contributed by atoms with van der Waals surface area (Å²) < 4.78 is 13.0. The minimum atomic E-state index is -0.150. The van der Waals surface area contributed by atoms with E-state index in [0.29, 0.717) is 0 Å². The van der Waals surface area contributed by atoms with E-state index >= 15 is 0 Å². The second-order valence-corrected chi connectivity index (χ2v) is 4.61. The van der Waals surface area contributed by atoms with Crippen LogP contribution in [0.1, 0.15) is 0 Å². The molecule has 0 bridgehead atoms. The predicted octanol–water partition coefficient (Wildman–Crippen LogP) is 1.47. The van der Waals surface area contributed by atoms with Crippen molar-refractivity contribution in [3.05, 3.63) is 30.1 Å². The molecule has 1 aromatic carbocycles. The third-order valence-corrected chi connectivity index (χ3v) is 3.82. The molecule has 2 fully saturated rings. The van der Waals surface area contributed by atoms with Crippen LogP contribution in [0.15, 0.2) is 24.3 Å². The predicted molar refractivity (Wildman–Crippen MR) is 58.1 cm³/mol. The molecule has 80 valence electrons. The van der Waals surface area contributed by atoms with E-state index in [4.69, 9.17) is 5.73 Å². The molecule has 0 radical (unpaired) electrons. The van der Waals surface area contributed by atoms with Gasteiger partial charge in [0.25, 0.3) is 0 Å². The molecule has 1 saturated heterocycles. The molecular formula is C12H15FN2. The summed E-state index contributed by atoms with van der Waals surface area (Å²) >= 11 is 0. The van der Waals surface area contributed by atoms with Crippen LogP contribution in [-0.2, 0) is 0 Å². The van der Waals surface area contributed by atoms with Crippen LogP contribution in [0, 0.1) is 23.6 Å². The van der Waals surface area contributed by atoms with Crippen LogP contribution in [0.25, 0.3) is 0 Å². The SMILES string of the molecule is NCC1[C@H]2CN(c3cccc(F)c3)C[C@@H]12. The first-order valence-electron chi connectivity index (χ1n) is 5.50. The smallest absolute Gasteiger partial charge is 0.125 e. The van der Waals surface area contributed by atoms with Crippen LogP contribution < -0.4 is 10.6 Å². The Labute approximate surface area is 88.9 Å². The highest BCUT2D eigenvalue weighted by Gasteiger charge is 2.54. The highest BCUT2D eigenvalue weighted by molar-refractivity contribution is 5.49. The van der Waals surface area contributed by atoms with Crippen molar-refractivity contribution in [2.45, 2.75) is 0 Å². The second-order valence-electron chi connectivity index (χ2n) is 4.61. The van der Waals surface area contributed by atoms with E-state index in [1.54, 1.807) is 12.1 Å². The summed E-state index contributed by atoms with van der Waals surface area (Å²) in [5.41, 5.74) is 6.67. The molecule has 1 aliphatic carbocycles. The van der Waals surface area contributed by atoms with E-state index in [-0.39, 0.29) is 5.82 Å². The zero-order chi connectivity index (χ0) is 10.4. The average Bonchev–Trinajstić information content (AvgIpc) is 2.70. The Morgan fingerprint density at radius 1 is 1.33 bits per heavy atom. The van der Waals surface area contributed by atoms with Crippen LogP contribution in [0.4, 0.5) is 10.1 Å². The van der Waals surface area contributed by atoms with Crippen molar-refractivity contribution in [1.29, 1.82) is 0 Å². The molecule has 0 aromatic heterocycles. The van der Waals surface area contributed by atoms with Crippen LogP contribution in [0.5, 0.6) is 0 Å². The van der Waals surface area contributed by atoms with Crippen molar-refractivity contribution >= 4 is 5.69 Å². The van der Waals surface area contributed by atoms with E-state index < -0.39 is 0 Å². The number of anilines is 1. The summed E-state index contributed by atoms with van der Waals surface area (Å²) in [4.78, 5) is 2.27. The molecule has 1 saturated carbocycles. The van der Waals surface area contributed by atoms with E-state index in [2.05, 4.69) is 4.90 Å². The Kier molecular flexibility index (Phi) is 1.96. The standard InChI is InChI=1S/C12H15FN2/c13-8-2-1-3-9(4-8)15-6-11-10(5-14)12(11)7-15/h1-4,10-12H,5-7,14H2/t10?,11-,12+. The Morgan fingerprint density at radius 2 is 2.07 bits per heavy atom. The lowest BCUT2D eigenvalue weighted by Gasteiger charge is -2.21. The van der Waals surface area contributed by atoms with Crippen molar-refractivity contribution in [2.24, 2.45) is 23.5 Å². The third kappa shape index (κ3) is 1.42. The molecule has 0 spiro atoms. The van der Waals surface area contributed by atoms with Gasteiger partial charge >= 0.3 is 0 Å². The van der Waals surface area contributed by atoms with Crippen molar-refractivity contribution in [3.8, 4) is 0 Å². The molecular weight excluding hydrogens is 191 g/mol. The number of fused-ring (bicyclic) bond motifs is 1. The first kappa shape index (κ1) is 9.16. The summed E-state index contributed by atoms with van der Waals surface area (Å²) in [6.07, 6.45) is 0. The molecule has 3 atom stereocenters. The average molecular weight is 206 g/mol. The van der Waals surface area contributed by atoms with Crippen LogP contribution in [0.2, 0.25) is 0 Å². The minimum Gasteiger partial charge on any atom is -0.371 e. The van der Waals surface area contributed by atoms with Gasteiger partial charge in [-0.25, -0.2) is 4.39 Å². The van der Waals surface area contributed by atoms with E-state index in [0.717, 1.165) is 43.1 Å². The maximum Gasteiger partial charge on any atom is 0.125 e. The van der Waals surface area contributed by atoms with Crippen molar-refractivity contribution in [2.75, 3.05) is 24.5 Å². The van der Waals surface area contributed by atoms with Crippen molar-refractivity contribution < 1.29 is 4.39 Å². The summed E-state index contributed by atoms with van der Waals surface area (Å²) in [6.45, 7) is 2.91. The number of nitrogens with zero attached hydrogens (tertiary/aromatic N) is 1. The minimum absolute atomic E-state index is 0.150. The Hall–Kier alpha value is -1.09. The lowest BCUT2D eigenvalue weighted by atomic mass is 10.2. The molecule has 2 nitrogen and oxygen atoms in total. The zero-order valence-corrected chi connectivity index (χ0v) is 8.57. The Morgan fingerprint density at radius 3 is 2.67 bits per heavy atom. The Balaban J connectivity index is 1.72. The summed E-state index contributed by atoms with van der Waals surface area (Å²) in [5.74, 6) is 2.11. The summed E-state index contributed by atoms with van der Waals surface area (Å²) in [7, 11) is 0. The molecule has 15 heavy (non-hydrogen) atoms. The molecule has 2 N–H and O–H groups in total. The molecule has 0 amide bonds. The molecule has 1 heterocycles. The van der Waals surface area contributed by atoms with Gasteiger partial charge in [0.1, 0.15) is 5.82 Å². The highest BCUT2D eigenvalue weighted by Crippen LogP contribution is 2.51. The third-order valence-electron chi connectivity index (χ3n) is 3.82. The number of halogens is 1. The number of hydrogen-bond donors (Lipinski definition) is 1. The normalized spacial score (nSPS) is 32.9. The Bertz CT molecular complexity index is 368. The van der Waals surface area contributed by atoms with Crippen molar-refractivity contribution in [3.63, 3.8) is 0 Å². The fraction of sp³-hybridized carbons (Fsp3) is 0.500. The number of hydrogen-bond acceptors (Lipinski definition) is 2. The number of piperidine rings is 1. The maximum atomic E-state index is 13.0.